The van der Waals surface area contributed by atoms with Gasteiger partial charge in [0, 0.05) is 31.2 Å². The molecule has 1 amide bonds. The summed E-state index contributed by atoms with van der Waals surface area (Å²) < 4.78 is 0. The molecule has 2 aromatic rings. The zero-order valence-electron chi connectivity index (χ0n) is 15.6. The molecule has 0 aliphatic carbocycles. The van der Waals surface area contributed by atoms with Crippen molar-refractivity contribution in [3.8, 4) is 0 Å². The lowest BCUT2D eigenvalue weighted by Crippen LogP contribution is -2.48. The van der Waals surface area contributed by atoms with Gasteiger partial charge in [-0.15, -0.1) is 11.3 Å². The van der Waals surface area contributed by atoms with Gasteiger partial charge < -0.3 is 21.3 Å². The number of guanidine groups is 1. The number of hydrogen-bond acceptors (Lipinski definition) is 4. The maximum atomic E-state index is 11.3. The average molecular weight is 386 g/mol. The molecule has 0 radical (unpaired) electrons. The summed E-state index contributed by atoms with van der Waals surface area (Å²) in [6.45, 7) is 5.48. The molecule has 1 saturated heterocycles. The number of hydrogen-bond donors (Lipinski definition) is 3. The predicted molar refractivity (Wildman–Crippen MR) is 112 cm³/mol. The van der Waals surface area contributed by atoms with Gasteiger partial charge in [-0.1, -0.05) is 12.1 Å². The van der Waals surface area contributed by atoms with E-state index in [2.05, 4.69) is 45.0 Å². The SMILES string of the molecule is CCNC(=NCc1cccc(C(N)=O)c1)NC1CCN(c2cccs2)CC1. The second-order valence-corrected chi connectivity index (χ2v) is 7.54. The van der Waals surface area contributed by atoms with Crippen LogP contribution in [-0.4, -0.2) is 37.5 Å². The van der Waals surface area contributed by atoms with Crippen LogP contribution in [-0.2, 0) is 6.54 Å². The number of nitrogens with zero attached hydrogens (tertiary/aromatic N) is 2. The molecule has 0 saturated carbocycles. The van der Waals surface area contributed by atoms with Crippen LogP contribution in [0, 0.1) is 0 Å². The second kappa shape index (κ2) is 9.41. The lowest BCUT2D eigenvalue weighted by atomic mass is 10.1. The quantitative estimate of drug-likeness (QED) is 0.527. The third-order valence-corrected chi connectivity index (χ3v) is 5.56. The van der Waals surface area contributed by atoms with Gasteiger partial charge in [0.25, 0.3) is 0 Å². The molecule has 6 nitrogen and oxygen atoms in total. The summed E-state index contributed by atoms with van der Waals surface area (Å²) in [6, 6.07) is 12.0. The molecule has 1 aliphatic rings. The molecule has 144 valence electrons. The van der Waals surface area contributed by atoms with E-state index < -0.39 is 5.91 Å². The molecule has 1 fully saturated rings. The van der Waals surface area contributed by atoms with Gasteiger partial charge in [-0.2, -0.15) is 0 Å². The maximum Gasteiger partial charge on any atom is 0.248 e. The van der Waals surface area contributed by atoms with Crippen LogP contribution in [0.2, 0.25) is 0 Å². The lowest BCUT2D eigenvalue weighted by Gasteiger charge is -2.33. The number of rotatable bonds is 6. The normalized spacial score (nSPS) is 15.6. The number of nitrogens with two attached hydrogens (primary N) is 1. The number of primary amides is 1. The van der Waals surface area contributed by atoms with Crippen LogP contribution in [0.15, 0.2) is 46.8 Å². The van der Waals surface area contributed by atoms with Crippen molar-refractivity contribution in [3.05, 3.63) is 52.9 Å². The number of benzene rings is 1. The van der Waals surface area contributed by atoms with Gasteiger partial charge in [0.15, 0.2) is 5.96 Å². The van der Waals surface area contributed by atoms with Crippen molar-refractivity contribution < 1.29 is 4.79 Å². The zero-order chi connectivity index (χ0) is 19.1. The molecular formula is C20H27N5OS. The molecule has 2 heterocycles. The van der Waals surface area contributed by atoms with Gasteiger partial charge in [-0.3, -0.25) is 4.79 Å². The Balaban J connectivity index is 1.56. The first kappa shape index (κ1) is 19.2. The van der Waals surface area contributed by atoms with Crippen LogP contribution in [0.1, 0.15) is 35.7 Å². The monoisotopic (exact) mass is 385 g/mol. The highest BCUT2D eigenvalue weighted by Crippen LogP contribution is 2.24. The van der Waals surface area contributed by atoms with Crippen molar-refractivity contribution in [3.63, 3.8) is 0 Å². The second-order valence-electron chi connectivity index (χ2n) is 6.62. The van der Waals surface area contributed by atoms with E-state index in [1.165, 1.54) is 5.00 Å². The number of amides is 1. The van der Waals surface area contributed by atoms with Gasteiger partial charge in [0.1, 0.15) is 0 Å². The Hall–Kier alpha value is -2.54. The Morgan fingerprint density at radius 2 is 2.11 bits per heavy atom. The third-order valence-electron chi connectivity index (χ3n) is 4.63. The van der Waals surface area contributed by atoms with E-state index in [-0.39, 0.29) is 0 Å². The van der Waals surface area contributed by atoms with Crippen molar-refractivity contribution in [1.82, 2.24) is 10.6 Å². The van der Waals surface area contributed by atoms with Crippen LogP contribution in [0.4, 0.5) is 5.00 Å². The van der Waals surface area contributed by atoms with Crippen LogP contribution in [0.3, 0.4) is 0 Å². The van der Waals surface area contributed by atoms with Gasteiger partial charge in [0.2, 0.25) is 5.91 Å². The number of anilines is 1. The molecule has 3 rings (SSSR count). The molecule has 1 aromatic heterocycles. The molecule has 1 aromatic carbocycles. The Morgan fingerprint density at radius 3 is 2.78 bits per heavy atom. The van der Waals surface area contributed by atoms with Crippen molar-refractivity contribution in [1.29, 1.82) is 0 Å². The summed E-state index contributed by atoms with van der Waals surface area (Å²) in [5, 5.41) is 10.3. The lowest BCUT2D eigenvalue weighted by molar-refractivity contribution is 0.1000. The third kappa shape index (κ3) is 5.47. The van der Waals surface area contributed by atoms with Gasteiger partial charge in [-0.25, -0.2) is 4.99 Å². The fraction of sp³-hybridized carbons (Fsp3) is 0.400. The highest BCUT2D eigenvalue weighted by molar-refractivity contribution is 7.14. The molecule has 0 bridgehead atoms. The highest BCUT2D eigenvalue weighted by atomic mass is 32.1. The van der Waals surface area contributed by atoms with Crippen molar-refractivity contribution >= 4 is 28.2 Å². The summed E-state index contributed by atoms with van der Waals surface area (Å²) in [6.07, 6.45) is 2.17. The van der Waals surface area contributed by atoms with Crippen LogP contribution in [0.25, 0.3) is 0 Å². The van der Waals surface area contributed by atoms with Gasteiger partial charge >= 0.3 is 0 Å². The van der Waals surface area contributed by atoms with Crippen LogP contribution < -0.4 is 21.3 Å². The maximum absolute atomic E-state index is 11.3. The minimum Gasteiger partial charge on any atom is -0.366 e. The number of carbonyl (C=O) groups is 1. The minimum absolute atomic E-state index is 0.413. The number of thiophene rings is 1. The number of carbonyl (C=O) groups excluding carboxylic acids is 1. The Morgan fingerprint density at radius 1 is 1.30 bits per heavy atom. The smallest absolute Gasteiger partial charge is 0.248 e. The molecular weight excluding hydrogens is 358 g/mol. The Labute approximate surface area is 164 Å². The van der Waals surface area contributed by atoms with E-state index in [0.29, 0.717) is 18.2 Å². The number of piperidine rings is 1. The largest absolute Gasteiger partial charge is 0.366 e. The average Bonchev–Trinajstić information content (AvgIpc) is 3.22. The topological polar surface area (TPSA) is 82.7 Å². The first-order valence-corrected chi connectivity index (χ1v) is 10.3. The summed E-state index contributed by atoms with van der Waals surface area (Å²) >= 11 is 1.80. The van der Waals surface area contributed by atoms with Crippen LogP contribution >= 0.6 is 11.3 Å². The molecule has 1 aliphatic heterocycles. The summed E-state index contributed by atoms with van der Waals surface area (Å²) in [5.41, 5.74) is 6.84. The molecule has 0 unspecified atom stereocenters. The highest BCUT2D eigenvalue weighted by Gasteiger charge is 2.20. The Kier molecular flexibility index (Phi) is 6.70. The summed E-state index contributed by atoms with van der Waals surface area (Å²) in [4.78, 5) is 18.5. The standard InChI is InChI=1S/C20H27N5OS/c1-2-22-20(23-14-15-5-3-6-16(13-15)19(21)26)24-17-8-10-25(11-9-17)18-7-4-12-27-18/h3-7,12-13,17H,2,8-11,14H2,1H3,(H2,21,26)(H2,22,23,24). The van der Waals surface area contributed by atoms with E-state index in [9.17, 15) is 4.79 Å². The molecule has 0 atom stereocenters. The van der Waals surface area contributed by atoms with E-state index in [1.807, 2.05) is 12.1 Å². The van der Waals surface area contributed by atoms with Crippen LogP contribution in [0.5, 0.6) is 0 Å². The van der Waals surface area contributed by atoms with E-state index in [4.69, 9.17) is 5.73 Å². The Bertz CT molecular complexity index is 766. The van der Waals surface area contributed by atoms with Crippen molar-refractivity contribution in [2.75, 3.05) is 24.5 Å². The minimum atomic E-state index is -0.414. The number of aliphatic imine (C=N–C) groups is 1. The van der Waals surface area contributed by atoms with E-state index in [1.54, 1.807) is 23.5 Å². The molecule has 4 N–H and O–H groups in total. The fourth-order valence-electron chi connectivity index (χ4n) is 3.20. The van der Waals surface area contributed by atoms with Crippen molar-refractivity contribution in [2.45, 2.75) is 32.4 Å². The predicted octanol–water partition coefficient (Wildman–Crippen LogP) is 2.57. The van der Waals surface area contributed by atoms with E-state index in [0.717, 1.165) is 44.0 Å². The first-order valence-electron chi connectivity index (χ1n) is 9.37. The molecule has 7 heteroatoms. The first-order chi connectivity index (χ1) is 13.2. The zero-order valence-corrected chi connectivity index (χ0v) is 16.5. The van der Waals surface area contributed by atoms with E-state index >= 15 is 0 Å². The van der Waals surface area contributed by atoms with Crippen molar-refractivity contribution in [2.24, 2.45) is 10.7 Å². The molecule has 27 heavy (non-hydrogen) atoms. The summed E-state index contributed by atoms with van der Waals surface area (Å²) in [5.74, 6) is 0.403. The van der Waals surface area contributed by atoms with Gasteiger partial charge in [-0.05, 0) is 55.0 Å². The fourth-order valence-corrected chi connectivity index (χ4v) is 3.99. The summed E-state index contributed by atoms with van der Waals surface area (Å²) in [7, 11) is 0. The van der Waals surface area contributed by atoms with Gasteiger partial charge in [0.05, 0.1) is 11.5 Å². The number of nitrogens with one attached hydrogen (secondary N) is 2. The molecule has 0 spiro atoms.